The third kappa shape index (κ3) is 3.84. The molecule has 1 aliphatic rings. The Balaban J connectivity index is 2.09. The lowest BCUT2D eigenvalue weighted by Crippen LogP contribution is -2.37. The van der Waals surface area contributed by atoms with Crippen LogP contribution in [0.3, 0.4) is 0 Å². The third-order valence-corrected chi connectivity index (χ3v) is 5.27. The summed E-state index contributed by atoms with van der Waals surface area (Å²) in [5, 5.41) is 8.62. The molecule has 0 spiro atoms. The van der Waals surface area contributed by atoms with Crippen molar-refractivity contribution in [3.8, 4) is 11.8 Å². The third-order valence-electron chi connectivity index (χ3n) is 3.52. The first-order valence-corrected chi connectivity index (χ1v) is 8.42. The van der Waals surface area contributed by atoms with Gasteiger partial charge in [-0.25, -0.2) is 8.42 Å². The predicted molar refractivity (Wildman–Crippen MR) is 79.6 cm³/mol. The molecule has 21 heavy (non-hydrogen) atoms. The highest BCUT2D eigenvalue weighted by atomic mass is 32.2. The molecule has 1 aliphatic heterocycles. The van der Waals surface area contributed by atoms with Crippen LogP contribution in [0, 0.1) is 11.8 Å². The second kappa shape index (κ2) is 6.29. The van der Waals surface area contributed by atoms with Crippen LogP contribution in [-0.2, 0) is 9.84 Å². The van der Waals surface area contributed by atoms with Crippen LogP contribution in [-0.4, -0.2) is 55.5 Å². The zero-order chi connectivity index (χ0) is 15.5. The minimum absolute atomic E-state index is 0.0370. The van der Waals surface area contributed by atoms with Gasteiger partial charge in [0.05, 0.1) is 11.5 Å². The van der Waals surface area contributed by atoms with Crippen molar-refractivity contribution in [1.29, 1.82) is 0 Å². The average Bonchev–Trinajstić information content (AvgIpc) is 2.84. The van der Waals surface area contributed by atoms with Crippen LogP contribution in [0.15, 0.2) is 24.3 Å². The SMILES string of the molecule is CN(C(=O)c1ccc(C#CCO)cc1)C1CCS(=O)(=O)C1. The van der Waals surface area contributed by atoms with Gasteiger partial charge in [-0.2, -0.15) is 0 Å². The second-order valence-corrected chi connectivity index (χ2v) is 7.24. The number of amides is 1. The molecule has 1 unspecified atom stereocenters. The standard InChI is InChI=1S/C15H17NO4S/c1-16(14-8-10-21(19,20)11-14)15(18)13-6-4-12(5-7-13)3-2-9-17/h4-7,14,17H,8-11H2,1H3. The van der Waals surface area contributed by atoms with E-state index < -0.39 is 9.84 Å². The van der Waals surface area contributed by atoms with E-state index in [1.54, 1.807) is 31.3 Å². The number of aliphatic hydroxyl groups is 1. The lowest BCUT2D eigenvalue weighted by molar-refractivity contribution is 0.0747. The Morgan fingerprint density at radius 1 is 1.38 bits per heavy atom. The molecule has 0 bridgehead atoms. The number of carbonyl (C=O) groups is 1. The van der Waals surface area contributed by atoms with Crippen LogP contribution in [0.1, 0.15) is 22.3 Å². The zero-order valence-corrected chi connectivity index (χ0v) is 12.6. The van der Waals surface area contributed by atoms with Crippen LogP contribution >= 0.6 is 0 Å². The van der Waals surface area contributed by atoms with Gasteiger partial charge in [0.1, 0.15) is 6.61 Å². The van der Waals surface area contributed by atoms with E-state index in [1.165, 1.54) is 4.90 Å². The van der Waals surface area contributed by atoms with Crippen LogP contribution in [0.4, 0.5) is 0 Å². The van der Waals surface area contributed by atoms with Gasteiger partial charge in [0.15, 0.2) is 9.84 Å². The molecule has 1 N–H and O–H groups in total. The first-order chi connectivity index (χ1) is 9.93. The number of hydrogen-bond acceptors (Lipinski definition) is 4. The second-order valence-electron chi connectivity index (χ2n) is 5.01. The number of benzene rings is 1. The van der Waals surface area contributed by atoms with Crippen molar-refractivity contribution < 1.29 is 18.3 Å². The first kappa shape index (κ1) is 15.5. The fourth-order valence-electron chi connectivity index (χ4n) is 2.29. The maximum atomic E-state index is 12.3. The molecule has 1 aromatic carbocycles. The largest absolute Gasteiger partial charge is 0.384 e. The highest BCUT2D eigenvalue weighted by molar-refractivity contribution is 7.91. The summed E-state index contributed by atoms with van der Waals surface area (Å²) in [7, 11) is -1.38. The van der Waals surface area contributed by atoms with Crippen molar-refractivity contribution >= 4 is 15.7 Å². The molecule has 5 nitrogen and oxygen atoms in total. The molecule has 0 saturated carbocycles. The number of carbonyl (C=O) groups excluding carboxylic acids is 1. The van der Waals surface area contributed by atoms with E-state index >= 15 is 0 Å². The maximum Gasteiger partial charge on any atom is 0.253 e. The fourth-order valence-corrected chi connectivity index (χ4v) is 4.06. The van der Waals surface area contributed by atoms with E-state index in [0.717, 1.165) is 0 Å². The van der Waals surface area contributed by atoms with Crippen LogP contribution in [0.2, 0.25) is 0 Å². The van der Waals surface area contributed by atoms with E-state index in [9.17, 15) is 13.2 Å². The zero-order valence-electron chi connectivity index (χ0n) is 11.7. The summed E-state index contributed by atoms with van der Waals surface area (Å²) in [6, 6.07) is 6.47. The summed E-state index contributed by atoms with van der Waals surface area (Å²) in [6.07, 6.45) is 0.491. The molecule has 2 rings (SSSR count). The van der Waals surface area contributed by atoms with Crippen molar-refractivity contribution in [2.75, 3.05) is 25.2 Å². The molecule has 0 aliphatic carbocycles. The van der Waals surface area contributed by atoms with E-state index in [2.05, 4.69) is 11.8 Å². The number of hydrogen-bond donors (Lipinski definition) is 1. The molecular weight excluding hydrogens is 290 g/mol. The minimum atomic E-state index is -3.01. The van der Waals surface area contributed by atoms with Crippen molar-refractivity contribution in [2.45, 2.75) is 12.5 Å². The van der Waals surface area contributed by atoms with Crippen LogP contribution in [0.25, 0.3) is 0 Å². The highest BCUT2D eigenvalue weighted by Gasteiger charge is 2.32. The Morgan fingerprint density at radius 2 is 2.05 bits per heavy atom. The van der Waals surface area contributed by atoms with Gasteiger partial charge < -0.3 is 10.0 Å². The molecule has 6 heteroatoms. The quantitative estimate of drug-likeness (QED) is 0.797. The summed E-state index contributed by atoms with van der Waals surface area (Å²) in [5.74, 6) is 5.27. The average molecular weight is 307 g/mol. The monoisotopic (exact) mass is 307 g/mol. The van der Waals surface area contributed by atoms with Gasteiger partial charge in [-0.1, -0.05) is 11.8 Å². The van der Waals surface area contributed by atoms with Gasteiger partial charge in [0.25, 0.3) is 5.91 Å². The summed E-state index contributed by atoms with van der Waals surface area (Å²) in [5.41, 5.74) is 1.21. The van der Waals surface area contributed by atoms with E-state index in [1.807, 2.05) is 0 Å². The van der Waals surface area contributed by atoms with Gasteiger partial charge in [-0.05, 0) is 30.7 Å². The number of nitrogens with zero attached hydrogens (tertiary/aromatic N) is 1. The Hall–Kier alpha value is -1.84. The Labute approximate surface area is 124 Å². The summed E-state index contributed by atoms with van der Waals surface area (Å²) >= 11 is 0. The lowest BCUT2D eigenvalue weighted by Gasteiger charge is -2.23. The Bertz CT molecular complexity index is 683. The van der Waals surface area contributed by atoms with Gasteiger partial charge in [0.2, 0.25) is 0 Å². The van der Waals surface area contributed by atoms with Crippen molar-refractivity contribution in [2.24, 2.45) is 0 Å². The van der Waals surface area contributed by atoms with Gasteiger partial charge in [0, 0.05) is 24.2 Å². The molecule has 0 radical (unpaired) electrons. The Morgan fingerprint density at radius 3 is 2.57 bits per heavy atom. The van der Waals surface area contributed by atoms with Gasteiger partial charge in [-0.15, -0.1) is 0 Å². The van der Waals surface area contributed by atoms with Crippen molar-refractivity contribution in [3.63, 3.8) is 0 Å². The summed E-state index contributed by atoms with van der Waals surface area (Å²) in [6.45, 7) is -0.209. The molecule has 1 fully saturated rings. The van der Waals surface area contributed by atoms with Crippen molar-refractivity contribution in [1.82, 2.24) is 4.90 Å². The first-order valence-electron chi connectivity index (χ1n) is 6.60. The number of rotatable bonds is 2. The minimum Gasteiger partial charge on any atom is -0.384 e. The smallest absolute Gasteiger partial charge is 0.253 e. The molecule has 112 valence electrons. The van der Waals surface area contributed by atoms with Gasteiger partial charge in [-0.3, -0.25) is 4.79 Å². The van der Waals surface area contributed by atoms with Crippen LogP contribution in [0.5, 0.6) is 0 Å². The molecule has 1 atom stereocenters. The maximum absolute atomic E-state index is 12.3. The summed E-state index contributed by atoms with van der Waals surface area (Å²) < 4.78 is 23.0. The summed E-state index contributed by atoms with van der Waals surface area (Å²) in [4.78, 5) is 13.8. The molecular formula is C15H17NO4S. The van der Waals surface area contributed by atoms with E-state index in [-0.39, 0.29) is 30.1 Å². The van der Waals surface area contributed by atoms with Crippen molar-refractivity contribution in [3.05, 3.63) is 35.4 Å². The predicted octanol–water partition coefficient (Wildman–Crippen LogP) is 0.290. The fraction of sp³-hybridized carbons (Fsp3) is 0.400. The van der Waals surface area contributed by atoms with E-state index in [0.29, 0.717) is 17.5 Å². The highest BCUT2D eigenvalue weighted by Crippen LogP contribution is 2.18. The number of aliphatic hydroxyl groups excluding tert-OH is 1. The molecule has 1 amide bonds. The van der Waals surface area contributed by atoms with Gasteiger partial charge >= 0.3 is 0 Å². The normalized spacial score (nSPS) is 19.6. The molecule has 0 aromatic heterocycles. The van der Waals surface area contributed by atoms with E-state index in [4.69, 9.17) is 5.11 Å². The van der Waals surface area contributed by atoms with Crippen LogP contribution < -0.4 is 0 Å². The molecule has 1 heterocycles. The lowest BCUT2D eigenvalue weighted by atomic mass is 10.1. The molecule has 1 saturated heterocycles. The number of sulfone groups is 1. The topological polar surface area (TPSA) is 74.7 Å². The molecule has 1 aromatic rings. The Kier molecular flexibility index (Phi) is 4.66.